The molecule has 0 unspecified atom stereocenters. The lowest BCUT2D eigenvalue weighted by Gasteiger charge is -2.31. The molecule has 180 valence electrons. The van der Waals surface area contributed by atoms with Crippen LogP contribution in [0.1, 0.15) is 61.3 Å². The van der Waals surface area contributed by atoms with Gasteiger partial charge in [0.15, 0.2) is 0 Å². The van der Waals surface area contributed by atoms with Crippen molar-refractivity contribution in [3.05, 3.63) is 101 Å². The monoisotopic (exact) mass is 467 g/mol. The smallest absolute Gasteiger partial charge is 0.318 e. The van der Waals surface area contributed by atoms with Crippen LogP contribution in [0.4, 0.5) is 4.79 Å². The standard InChI is InChI=1S/C29H33N5O/c1-4-18-30-29(35)33-20-24-25(6-3)31-34(23-11-8-7-9-12-23)28(24)32-19-10-13-26(32)27(33)22-16-14-21(5-2)15-17-22/h7-17,19,27H,4-6,18,20H2,1-3H3,(H,30,35)/t27-/m1/s1. The van der Waals surface area contributed by atoms with Crippen molar-refractivity contribution in [3.8, 4) is 11.5 Å². The van der Waals surface area contributed by atoms with Gasteiger partial charge in [0.1, 0.15) is 5.82 Å². The summed E-state index contributed by atoms with van der Waals surface area (Å²) >= 11 is 0. The molecule has 0 fully saturated rings. The molecule has 0 spiro atoms. The molecular weight excluding hydrogens is 434 g/mol. The third-order valence-electron chi connectivity index (χ3n) is 6.79. The molecular formula is C29H33N5O. The zero-order valence-electron chi connectivity index (χ0n) is 20.7. The Kier molecular flexibility index (Phi) is 6.45. The summed E-state index contributed by atoms with van der Waals surface area (Å²) in [6.07, 6.45) is 4.76. The highest BCUT2D eigenvalue weighted by atomic mass is 16.2. The van der Waals surface area contributed by atoms with Gasteiger partial charge in [0.05, 0.1) is 29.7 Å². The van der Waals surface area contributed by atoms with E-state index in [1.54, 1.807) is 0 Å². The van der Waals surface area contributed by atoms with Crippen LogP contribution in [0, 0.1) is 0 Å². The van der Waals surface area contributed by atoms with Crippen molar-refractivity contribution in [1.82, 2.24) is 24.6 Å². The van der Waals surface area contributed by atoms with E-state index in [2.05, 4.69) is 85.4 Å². The molecule has 2 aromatic carbocycles. The minimum absolute atomic E-state index is 0.0495. The molecule has 0 radical (unpaired) electrons. The number of nitrogens with one attached hydrogen (secondary N) is 1. The fraction of sp³-hybridized carbons (Fsp3) is 0.310. The van der Waals surface area contributed by atoms with Crippen LogP contribution in [0.25, 0.3) is 11.5 Å². The van der Waals surface area contributed by atoms with Gasteiger partial charge in [-0.2, -0.15) is 5.10 Å². The molecule has 1 N–H and O–H groups in total. The quantitative estimate of drug-likeness (QED) is 0.389. The van der Waals surface area contributed by atoms with Gasteiger partial charge in [0.2, 0.25) is 0 Å². The molecule has 1 aliphatic heterocycles. The first-order chi connectivity index (χ1) is 17.2. The molecule has 0 saturated heterocycles. The van der Waals surface area contributed by atoms with E-state index in [9.17, 15) is 4.79 Å². The molecule has 0 saturated carbocycles. The van der Waals surface area contributed by atoms with E-state index in [0.717, 1.165) is 53.3 Å². The highest BCUT2D eigenvalue weighted by Gasteiger charge is 2.36. The average Bonchev–Trinajstić information content (AvgIpc) is 3.49. The molecule has 6 heteroatoms. The molecule has 1 aliphatic rings. The van der Waals surface area contributed by atoms with Crippen LogP contribution in [0.15, 0.2) is 72.9 Å². The van der Waals surface area contributed by atoms with Crippen LogP contribution in [-0.4, -0.2) is 31.8 Å². The number of carbonyl (C=O) groups is 1. The van der Waals surface area contributed by atoms with Gasteiger partial charge in [-0.3, -0.25) is 0 Å². The maximum atomic E-state index is 13.6. The van der Waals surface area contributed by atoms with E-state index in [-0.39, 0.29) is 12.1 Å². The summed E-state index contributed by atoms with van der Waals surface area (Å²) in [4.78, 5) is 15.6. The molecule has 6 nitrogen and oxygen atoms in total. The molecule has 5 rings (SSSR count). The first-order valence-corrected chi connectivity index (χ1v) is 12.6. The third-order valence-corrected chi connectivity index (χ3v) is 6.79. The van der Waals surface area contributed by atoms with Crippen molar-refractivity contribution in [1.29, 1.82) is 0 Å². The number of fused-ring (bicyclic) bond motifs is 3. The number of aromatic nitrogens is 3. The average molecular weight is 468 g/mol. The molecule has 4 aromatic rings. The minimum atomic E-state index is -0.214. The van der Waals surface area contributed by atoms with Gasteiger partial charge in [-0.05, 0) is 54.7 Å². The lowest BCUT2D eigenvalue weighted by Crippen LogP contribution is -2.42. The maximum Gasteiger partial charge on any atom is 0.318 e. The number of carbonyl (C=O) groups excluding carboxylic acids is 1. The summed E-state index contributed by atoms with van der Waals surface area (Å²) in [6, 6.07) is 22.8. The highest BCUT2D eigenvalue weighted by Crippen LogP contribution is 2.38. The number of aryl methyl sites for hydroxylation is 2. The summed E-state index contributed by atoms with van der Waals surface area (Å²) in [5, 5.41) is 8.15. The zero-order valence-corrected chi connectivity index (χ0v) is 20.7. The van der Waals surface area contributed by atoms with Gasteiger partial charge in [0, 0.05) is 18.3 Å². The fourth-order valence-corrected chi connectivity index (χ4v) is 4.97. The van der Waals surface area contributed by atoms with Crippen molar-refractivity contribution >= 4 is 6.03 Å². The Morgan fingerprint density at radius 1 is 0.971 bits per heavy atom. The van der Waals surface area contributed by atoms with Gasteiger partial charge in [-0.1, -0.05) is 63.2 Å². The molecule has 0 aliphatic carbocycles. The van der Waals surface area contributed by atoms with Gasteiger partial charge in [0.25, 0.3) is 0 Å². The summed E-state index contributed by atoms with van der Waals surface area (Å²) in [7, 11) is 0. The number of rotatable bonds is 6. The molecule has 3 heterocycles. The Bertz CT molecular complexity index is 1300. The SMILES string of the molecule is CCCNC(=O)N1Cc2c(CC)nn(-c3ccccc3)c2-n2cccc2[C@H]1c1ccc(CC)cc1. The van der Waals surface area contributed by atoms with Crippen LogP contribution in [0.5, 0.6) is 0 Å². The first kappa shape index (κ1) is 23.0. The van der Waals surface area contributed by atoms with E-state index in [1.807, 2.05) is 27.8 Å². The second kappa shape index (κ2) is 9.82. The van der Waals surface area contributed by atoms with Crippen molar-refractivity contribution in [2.45, 2.75) is 52.6 Å². The number of hydrogen-bond acceptors (Lipinski definition) is 2. The molecule has 0 bridgehead atoms. The van der Waals surface area contributed by atoms with E-state index in [4.69, 9.17) is 5.10 Å². The van der Waals surface area contributed by atoms with Gasteiger partial charge in [-0.25, -0.2) is 9.48 Å². The number of para-hydroxylation sites is 1. The molecule has 2 aromatic heterocycles. The number of hydrogen-bond donors (Lipinski definition) is 1. The van der Waals surface area contributed by atoms with Crippen LogP contribution >= 0.6 is 0 Å². The number of amides is 2. The van der Waals surface area contributed by atoms with Gasteiger partial charge in [-0.15, -0.1) is 0 Å². The molecule has 2 amide bonds. The summed E-state index contributed by atoms with van der Waals surface area (Å²) in [5.41, 5.74) is 6.56. The molecule has 1 atom stereocenters. The van der Waals surface area contributed by atoms with E-state index >= 15 is 0 Å². The van der Waals surface area contributed by atoms with E-state index < -0.39 is 0 Å². The summed E-state index contributed by atoms with van der Waals surface area (Å²) in [5.74, 6) is 1.01. The Balaban J connectivity index is 1.73. The summed E-state index contributed by atoms with van der Waals surface area (Å²) in [6.45, 7) is 7.50. The lowest BCUT2D eigenvalue weighted by molar-refractivity contribution is 0.180. The Morgan fingerprint density at radius 2 is 1.74 bits per heavy atom. The van der Waals surface area contributed by atoms with Crippen molar-refractivity contribution < 1.29 is 4.79 Å². The lowest BCUT2D eigenvalue weighted by atomic mass is 9.99. The van der Waals surface area contributed by atoms with E-state index in [1.165, 1.54) is 5.56 Å². The number of benzene rings is 2. The topological polar surface area (TPSA) is 55.1 Å². The predicted molar refractivity (Wildman–Crippen MR) is 139 cm³/mol. The van der Waals surface area contributed by atoms with Gasteiger partial charge < -0.3 is 14.8 Å². The van der Waals surface area contributed by atoms with Crippen molar-refractivity contribution in [3.63, 3.8) is 0 Å². The Morgan fingerprint density at radius 3 is 2.43 bits per heavy atom. The second-order valence-corrected chi connectivity index (χ2v) is 9.01. The fourth-order valence-electron chi connectivity index (χ4n) is 4.97. The van der Waals surface area contributed by atoms with Crippen LogP contribution in [0.2, 0.25) is 0 Å². The van der Waals surface area contributed by atoms with Crippen molar-refractivity contribution in [2.24, 2.45) is 0 Å². The van der Waals surface area contributed by atoms with Crippen LogP contribution < -0.4 is 5.32 Å². The summed E-state index contributed by atoms with van der Waals surface area (Å²) < 4.78 is 4.25. The zero-order chi connectivity index (χ0) is 24.4. The maximum absolute atomic E-state index is 13.6. The molecule has 35 heavy (non-hydrogen) atoms. The second-order valence-electron chi connectivity index (χ2n) is 9.01. The largest absolute Gasteiger partial charge is 0.338 e. The third kappa shape index (κ3) is 4.14. The highest BCUT2D eigenvalue weighted by molar-refractivity contribution is 5.76. The predicted octanol–water partition coefficient (Wildman–Crippen LogP) is 5.81. The van der Waals surface area contributed by atoms with Crippen LogP contribution in [-0.2, 0) is 19.4 Å². The first-order valence-electron chi connectivity index (χ1n) is 12.6. The van der Waals surface area contributed by atoms with E-state index in [0.29, 0.717) is 13.1 Å². The Labute approximate surface area is 207 Å². The minimum Gasteiger partial charge on any atom is -0.338 e. The number of nitrogens with zero attached hydrogens (tertiary/aromatic N) is 4. The van der Waals surface area contributed by atoms with Crippen molar-refractivity contribution in [2.75, 3.05) is 6.54 Å². The normalized spacial score (nSPS) is 14.8. The van der Waals surface area contributed by atoms with Gasteiger partial charge >= 0.3 is 6.03 Å². The number of urea groups is 1. The Hall–Kier alpha value is -3.80. The van der Waals surface area contributed by atoms with Crippen LogP contribution in [0.3, 0.4) is 0 Å².